The third-order valence-corrected chi connectivity index (χ3v) is 5.16. The molecule has 1 amide bonds. The Bertz CT molecular complexity index is 693. The second-order valence-corrected chi connectivity index (χ2v) is 6.92. The third kappa shape index (κ3) is 4.60. The van der Waals surface area contributed by atoms with E-state index in [1.54, 1.807) is 6.07 Å². The second-order valence-electron chi connectivity index (χ2n) is 6.92. The van der Waals surface area contributed by atoms with E-state index in [-0.39, 0.29) is 11.9 Å². The van der Waals surface area contributed by atoms with Gasteiger partial charge in [0.15, 0.2) is 0 Å². The lowest BCUT2D eigenvalue weighted by Crippen LogP contribution is -2.46. The van der Waals surface area contributed by atoms with Crippen molar-refractivity contribution < 1.29 is 4.79 Å². The van der Waals surface area contributed by atoms with Gasteiger partial charge in [0.1, 0.15) is 0 Å². The summed E-state index contributed by atoms with van der Waals surface area (Å²) in [5, 5.41) is 2.95. The van der Waals surface area contributed by atoms with Gasteiger partial charge < -0.3 is 11.1 Å². The molecule has 1 fully saturated rings. The summed E-state index contributed by atoms with van der Waals surface area (Å²) in [5.74, 6) is 0.720. The number of nitrogens with two attached hydrogens (primary N) is 1. The molecule has 1 unspecified atom stereocenters. The van der Waals surface area contributed by atoms with Crippen LogP contribution in [0.2, 0.25) is 0 Å². The van der Waals surface area contributed by atoms with Crippen molar-refractivity contribution in [3.8, 4) is 0 Å². The molecule has 1 saturated heterocycles. The van der Waals surface area contributed by atoms with Crippen LogP contribution in [0.25, 0.3) is 0 Å². The van der Waals surface area contributed by atoms with Gasteiger partial charge in [-0.15, -0.1) is 0 Å². The fourth-order valence-corrected chi connectivity index (χ4v) is 3.51. The number of para-hydroxylation sites is 2. The minimum atomic E-state index is -0.141. The van der Waals surface area contributed by atoms with E-state index < -0.39 is 0 Å². The maximum atomic E-state index is 12.5. The highest BCUT2D eigenvalue weighted by atomic mass is 16.2. The monoisotopic (exact) mass is 337 g/mol. The molecule has 4 nitrogen and oxygen atoms in total. The molecule has 3 rings (SSSR count). The van der Waals surface area contributed by atoms with Gasteiger partial charge in [0.25, 0.3) is 0 Å². The highest BCUT2D eigenvalue weighted by Crippen LogP contribution is 2.24. The second kappa shape index (κ2) is 8.17. The van der Waals surface area contributed by atoms with Crippen molar-refractivity contribution in [1.82, 2.24) is 4.90 Å². The van der Waals surface area contributed by atoms with Gasteiger partial charge in [0.2, 0.25) is 5.91 Å². The van der Waals surface area contributed by atoms with Gasteiger partial charge in [-0.3, -0.25) is 9.69 Å². The number of nitrogens with one attached hydrogen (secondary N) is 1. The van der Waals surface area contributed by atoms with Crippen LogP contribution >= 0.6 is 0 Å². The average Bonchev–Trinajstić information content (AvgIpc) is 2.64. The van der Waals surface area contributed by atoms with E-state index in [0.717, 1.165) is 32.4 Å². The van der Waals surface area contributed by atoms with Crippen molar-refractivity contribution >= 4 is 17.3 Å². The molecule has 1 aliphatic heterocycles. The van der Waals surface area contributed by atoms with E-state index >= 15 is 0 Å². The number of anilines is 2. The van der Waals surface area contributed by atoms with Gasteiger partial charge in [-0.1, -0.05) is 42.5 Å². The SMILES string of the molecule is CC(C(=O)Nc1ccccc1N)N1CCC(Cc2ccccc2)CC1. The Kier molecular flexibility index (Phi) is 5.71. The highest BCUT2D eigenvalue weighted by Gasteiger charge is 2.26. The molecule has 2 aromatic rings. The maximum absolute atomic E-state index is 12.5. The first-order valence-corrected chi connectivity index (χ1v) is 9.07. The van der Waals surface area contributed by atoms with Crippen LogP contribution in [0.15, 0.2) is 54.6 Å². The summed E-state index contributed by atoms with van der Waals surface area (Å²) < 4.78 is 0. The number of hydrogen-bond donors (Lipinski definition) is 2. The summed E-state index contributed by atoms with van der Waals surface area (Å²) in [7, 11) is 0. The first kappa shape index (κ1) is 17.5. The fraction of sp³-hybridized carbons (Fsp3) is 0.381. The van der Waals surface area contributed by atoms with E-state index in [2.05, 4.69) is 40.5 Å². The number of amides is 1. The standard InChI is InChI=1S/C21H27N3O/c1-16(21(25)23-20-10-6-5-9-19(20)22)24-13-11-18(12-14-24)15-17-7-3-2-4-8-17/h2-10,16,18H,11-15,22H2,1H3,(H,23,25). The van der Waals surface area contributed by atoms with Crippen LogP contribution in [0.4, 0.5) is 11.4 Å². The number of hydrogen-bond acceptors (Lipinski definition) is 3. The lowest BCUT2D eigenvalue weighted by atomic mass is 9.89. The Labute approximate surface area is 150 Å². The molecule has 0 saturated carbocycles. The van der Waals surface area contributed by atoms with Gasteiger partial charge in [-0.25, -0.2) is 0 Å². The number of carbonyl (C=O) groups is 1. The third-order valence-electron chi connectivity index (χ3n) is 5.16. The Morgan fingerprint density at radius 2 is 1.76 bits per heavy atom. The smallest absolute Gasteiger partial charge is 0.241 e. The van der Waals surface area contributed by atoms with Crippen molar-refractivity contribution in [1.29, 1.82) is 0 Å². The molecule has 132 valence electrons. The number of likely N-dealkylation sites (tertiary alicyclic amines) is 1. The van der Waals surface area contributed by atoms with Crippen LogP contribution in [0.5, 0.6) is 0 Å². The van der Waals surface area contributed by atoms with Crippen molar-refractivity contribution in [2.24, 2.45) is 5.92 Å². The van der Waals surface area contributed by atoms with E-state index in [1.165, 1.54) is 5.56 Å². The van der Waals surface area contributed by atoms with E-state index in [0.29, 0.717) is 17.3 Å². The number of rotatable bonds is 5. The molecular weight excluding hydrogens is 310 g/mol. The number of nitrogen functional groups attached to an aromatic ring is 1. The molecule has 0 aliphatic carbocycles. The molecule has 0 radical (unpaired) electrons. The summed E-state index contributed by atoms with van der Waals surface area (Å²) in [5.41, 5.74) is 8.61. The topological polar surface area (TPSA) is 58.4 Å². The van der Waals surface area contributed by atoms with Crippen molar-refractivity contribution in [2.45, 2.75) is 32.2 Å². The summed E-state index contributed by atoms with van der Waals surface area (Å²) in [6.45, 7) is 3.92. The van der Waals surface area contributed by atoms with Crippen LogP contribution in [0.1, 0.15) is 25.3 Å². The normalized spacial score (nSPS) is 17.2. The van der Waals surface area contributed by atoms with E-state index in [4.69, 9.17) is 5.73 Å². The zero-order chi connectivity index (χ0) is 17.6. The fourth-order valence-electron chi connectivity index (χ4n) is 3.51. The van der Waals surface area contributed by atoms with E-state index in [9.17, 15) is 4.79 Å². The van der Waals surface area contributed by atoms with Crippen molar-refractivity contribution in [3.63, 3.8) is 0 Å². The Balaban J connectivity index is 1.50. The average molecular weight is 337 g/mol. The summed E-state index contributed by atoms with van der Waals surface area (Å²) in [6, 6.07) is 17.9. The molecule has 0 aromatic heterocycles. The maximum Gasteiger partial charge on any atom is 0.241 e. The summed E-state index contributed by atoms with van der Waals surface area (Å²) in [4.78, 5) is 14.8. The zero-order valence-corrected chi connectivity index (χ0v) is 14.8. The molecule has 4 heteroatoms. The highest BCUT2D eigenvalue weighted by molar-refractivity contribution is 5.97. The lowest BCUT2D eigenvalue weighted by molar-refractivity contribution is -0.121. The van der Waals surface area contributed by atoms with Gasteiger partial charge in [-0.05, 0) is 62.9 Å². The van der Waals surface area contributed by atoms with Gasteiger partial charge >= 0.3 is 0 Å². The van der Waals surface area contributed by atoms with E-state index in [1.807, 2.05) is 25.1 Å². The minimum absolute atomic E-state index is 0.0133. The van der Waals surface area contributed by atoms with Gasteiger partial charge in [0, 0.05) is 0 Å². The van der Waals surface area contributed by atoms with Gasteiger partial charge in [-0.2, -0.15) is 0 Å². The Morgan fingerprint density at radius 3 is 2.44 bits per heavy atom. The van der Waals surface area contributed by atoms with Gasteiger partial charge in [0.05, 0.1) is 17.4 Å². The largest absolute Gasteiger partial charge is 0.397 e. The molecule has 0 spiro atoms. The zero-order valence-electron chi connectivity index (χ0n) is 14.8. The lowest BCUT2D eigenvalue weighted by Gasteiger charge is -2.35. The van der Waals surface area contributed by atoms with Crippen LogP contribution < -0.4 is 11.1 Å². The van der Waals surface area contributed by atoms with Crippen LogP contribution in [0.3, 0.4) is 0 Å². The first-order chi connectivity index (χ1) is 12.1. The predicted octanol–water partition coefficient (Wildman–Crippen LogP) is 3.55. The van der Waals surface area contributed by atoms with Crippen LogP contribution in [-0.2, 0) is 11.2 Å². The quantitative estimate of drug-likeness (QED) is 0.820. The molecule has 1 heterocycles. The number of benzene rings is 2. The molecule has 1 aliphatic rings. The Morgan fingerprint density at radius 1 is 1.12 bits per heavy atom. The number of nitrogens with zero attached hydrogens (tertiary/aromatic N) is 1. The molecule has 25 heavy (non-hydrogen) atoms. The molecule has 2 aromatic carbocycles. The summed E-state index contributed by atoms with van der Waals surface area (Å²) >= 11 is 0. The molecular formula is C21H27N3O. The first-order valence-electron chi connectivity index (χ1n) is 9.07. The molecule has 0 bridgehead atoms. The molecule has 3 N–H and O–H groups in total. The summed E-state index contributed by atoms with van der Waals surface area (Å²) in [6.07, 6.45) is 3.41. The number of carbonyl (C=O) groups excluding carboxylic acids is 1. The minimum Gasteiger partial charge on any atom is -0.397 e. The van der Waals surface area contributed by atoms with Crippen LogP contribution in [0, 0.1) is 5.92 Å². The Hall–Kier alpha value is -2.33. The van der Waals surface area contributed by atoms with Crippen LogP contribution in [-0.4, -0.2) is 29.9 Å². The van der Waals surface area contributed by atoms with Crippen molar-refractivity contribution in [3.05, 3.63) is 60.2 Å². The number of piperidine rings is 1. The van der Waals surface area contributed by atoms with Crippen molar-refractivity contribution in [2.75, 3.05) is 24.1 Å². The predicted molar refractivity (Wildman–Crippen MR) is 103 cm³/mol. The molecule has 1 atom stereocenters.